The molecule has 2 aliphatic rings. The zero-order valence-corrected chi connectivity index (χ0v) is 19.4. The topological polar surface area (TPSA) is 60.4 Å². The van der Waals surface area contributed by atoms with E-state index in [1.165, 1.54) is 0 Å². The highest BCUT2D eigenvalue weighted by atomic mass is 127. The maximum absolute atomic E-state index is 12.6. The summed E-state index contributed by atoms with van der Waals surface area (Å²) in [6.45, 7) is 16.1. The molecule has 1 unspecified atom stereocenters. The number of piperazine rings is 1. The van der Waals surface area contributed by atoms with Gasteiger partial charge in [-0.3, -0.25) is 14.7 Å². The molecular formula is C18H36IN5O2. The average Bonchev–Trinajstić information content (AvgIpc) is 2.51. The number of aliphatic imine (C=N–C) groups is 1. The molecule has 0 bridgehead atoms. The van der Waals surface area contributed by atoms with Crippen LogP contribution in [0.5, 0.6) is 0 Å². The van der Waals surface area contributed by atoms with Gasteiger partial charge in [-0.25, -0.2) is 0 Å². The van der Waals surface area contributed by atoms with E-state index in [1.54, 1.807) is 7.05 Å². The lowest BCUT2D eigenvalue weighted by Gasteiger charge is -2.49. The zero-order chi connectivity index (χ0) is 18.6. The van der Waals surface area contributed by atoms with Gasteiger partial charge in [-0.1, -0.05) is 0 Å². The van der Waals surface area contributed by atoms with Crippen LogP contribution in [0.15, 0.2) is 4.99 Å². The van der Waals surface area contributed by atoms with Crippen LogP contribution < -0.4 is 5.32 Å². The van der Waals surface area contributed by atoms with E-state index < -0.39 is 0 Å². The van der Waals surface area contributed by atoms with Crippen molar-refractivity contribution < 1.29 is 9.53 Å². The van der Waals surface area contributed by atoms with E-state index in [0.29, 0.717) is 12.6 Å². The van der Waals surface area contributed by atoms with Crippen LogP contribution in [0, 0.1) is 0 Å². The van der Waals surface area contributed by atoms with E-state index >= 15 is 0 Å². The molecule has 2 rings (SSSR count). The molecule has 0 aliphatic carbocycles. The molecular weight excluding hydrogens is 445 g/mol. The van der Waals surface area contributed by atoms with E-state index in [9.17, 15) is 4.79 Å². The van der Waals surface area contributed by atoms with Gasteiger partial charge in [0, 0.05) is 45.3 Å². The number of nitrogens with one attached hydrogen (secondary N) is 1. The van der Waals surface area contributed by atoms with Crippen molar-refractivity contribution in [2.75, 3.05) is 53.0 Å². The number of hydrogen-bond acceptors (Lipinski definition) is 4. The number of carbonyl (C=O) groups excluding carboxylic acids is 1. The third-order valence-electron chi connectivity index (χ3n) is 5.04. The molecule has 2 aliphatic heterocycles. The van der Waals surface area contributed by atoms with E-state index in [4.69, 9.17) is 4.74 Å². The monoisotopic (exact) mass is 481 g/mol. The Morgan fingerprint density at radius 1 is 1.42 bits per heavy atom. The number of halogens is 1. The molecule has 2 saturated heterocycles. The number of carbonyl (C=O) groups is 1. The number of nitrogens with zero attached hydrogens (tertiary/aromatic N) is 4. The summed E-state index contributed by atoms with van der Waals surface area (Å²) in [7, 11) is 1.78. The Bertz CT molecular complexity index is 498. The van der Waals surface area contributed by atoms with Crippen LogP contribution in [0.2, 0.25) is 0 Å². The minimum absolute atomic E-state index is 0. The summed E-state index contributed by atoms with van der Waals surface area (Å²) in [6.07, 6.45) is 0. The summed E-state index contributed by atoms with van der Waals surface area (Å²) in [6, 6.07) is 0.662. The molecule has 8 heteroatoms. The van der Waals surface area contributed by atoms with E-state index in [0.717, 1.165) is 45.4 Å². The highest BCUT2D eigenvalue weighted by Crippen LogP contribution is 2.24. The lowest BCUT2D eigenvalue weighted by atomic mass is 9.96. The molecule has 0 radical (unpaired) electrons. The van der Waals surface area contributed by atoms with Crippen molar-refractivity contribution in [1.82, 2.24) is 20.0 Å². The smallest absolute Gasteiger partial charge is 0.242 e. The van der Waals surface area contributed by atoms with Gasteiger partial charge in [0.15, 0.2) is 5.96 Å². The van der Waals surface area contributed by atoms with Crippen LogP contribution in [0.25, 0.3) is 0 Å². The largest absolute Gasteiger partial charge is 0.379 e. The molecule has 26 heavy (non-hydrogen) atoms. The lowest BCUT2D eigenvalue weighted by molar-refractivity contribution is -0.145. The Kier molecular flexibility index (Phi) is 9.08. The molecule has 0 saturated carbocycles. The molecule has 1 N–H and O–H groups in total. The van der Waals surface area contributed by atoms with Gasteiger partial charge in [0.2, 0.25) is 5.91 Å². The fourth-order valence-electron chi connectivity index (χ4n) is 4.05. The fraction of sp³-hybridized carbons (Fsp3) is 0.889. The first-order valence-corrected chi connectivity index (χ1v) is 9.36. The van der Waals surface area contributed by atoms with Crippen molar-refractivity contribution in [3.63, 3.8) is 0 Å². The maximum Gasteiger partial charge on any atom is 0.242 e. The van der Waals surface area contributed by atoms with Gasteiger partial charge in [-0.15, -0.1) is 24.0 Å². The number of rotatable bonds is 4. The second-order valence-electron chi connectivity index (χ2n) is 7.96. The number of guanidine groups is 1. The lowest BCUT2D eigenvalue weighted by Crippen LogP contribution is -2.66. The predicted octanol–water partition coefficient (Wildman–Crippen LogP) is 1.23. The summed E-state index contributed by atoms with van der Waals surface area (Å²) in [4.78, 5) is 23.5. The van der Waals surface area contributed by atoms with Crippen molar-refractivity contribution in [2.45, 2.75) is 52.2 Å². The summed E-state index contributed by atoms with van der Waals surface area (Å²) in [5.74, 6) is 0.974. The van der Waals surface area contributed by atoms with Crippen LogP contribution in [0.3, 0.4) is 0 Å². The van der Waals surface area contributed by atoms with Gasteiger partial charge in [0.1, 0.15) is 0 Å². The van der Waals surface area contributed by atoms with Crippen LogP contribution in [-0.2, 0) is 9.53 Å². The molecule has 0 spiro atoms. The predicted molar refractivity (Wildman–Crippen MR) is 116 cm³/mol. The highest BCUT2D eigenvalue weighted by molar-refractivity contribution is 14.0. The van der Waals surface area contributed by atoms with Gasteiger partial charge in [-0.05, 0) is 34.6 Å². The minimum atomic E-state index is -0.208. The van der Waals surface area contributed by atoms with Crippen molar-refractivity contribution in [2.24, 2.45) is 4.99 Å². The molecule has 2 heterocycles. The quantitative estimate of drug-likeness (QED) is 0.372. The second-order valence-corrected chi connectivity index (χ2v) is 7.96. The van der Waals surface area contributed by atoms with Gasteiger partial charge >= 0.3 is 0 Å². The van der Waals surface area contributed by atoms with E-state index in [1.807, 2.05) is 4.90 Å². The number of amides is 1. The van der Waals surface area contributed by atoms with Gasteiger partial charge < -0.3 is 19.9 Å². The zero-order valence-electron chi connectivity index (χ0n) is 17.1. The van der Waals surface area contributed by atoms with Crippen LogP contribution >= 0.6 is 24.0 Å². The minimum Gasteiger partial charge on any atom is -0.379 e. The van der Waals surface area contributed by atoms with Crippen molar-refractivity contribution in [3.8, 4) is 0 Å². The van der Waals surface area contributed by atoms with Crippen molar-refractivity contribution in [3.05, 3.63) is 0 Å². The third-order valence-corrected chi connectivity index (χ3v) is 5.04. The summed E-state index contributed by atoms with van der Waals surface area (Å²) >= 11 is 0. The Morgan fingerprint density at radius 2 is 2.12 bits per heavy atom. The molecule has 152 valence electrons. The second kappa shape index (κ2) is 10.1. The Hall–Kier alpha value is -0.610. The van der Waals surface area contributed by atoms with Crippen LogP contribution in [0.4, 0.5) is 0 Å². The first-order chi connectivity index (χ1) is 11.8. The Balaban J connectivity index is 0.00000338. The molecule has 0 aromatic heterocycles. The standard InChI is InChI=1S/C18H35N5O2.HI/c1-14(2)23-16(24)11-22(13-18(23,4)5)17(19-6)20-7-8-21-9-10-25-12-15(21)3;/h14-15H,7-13H2,1-6H3,(H,19,20);1H. The Morgan fingerprint density at radius 3 is 2.65 bits per heavy atom. The fourth-order valence-corrected chi connectivity index (χ4v) is 4.05. The first-order valence-electron chi connectivity index (χ1n) is 9.36. The molecule has 1 atom stereocenters. The molecule has 2 fully saturated rings. The van der Waals surface area contributed by atoms with Gasteiger partial charge in [0.25, 0.3) is 0 Å². The normalized spacial score (nSPS) is 24.7. The Labute approximate surface area is 175 Å². The number of morpholine rings is 1. The third kappa shape index (κ3) is 5.69. The van der Waals surface area contributed by atoms with E-state index in [2.05, 4.69) is 54.7 Å². The van der Waals surface area contributed by atoms with Crippen molar-refractivity contribution >= 4 is 35.8 Å². The summed E-state index contributed by atoms with van der Waals surface area (Å²) < 4.78 is 5.48. The van der Waals surface area contributed by atoms with Crippen LogP contribution in [0.1, 0.15) is 34.6 Å². The van der Waals surface area contributed by atoms with E-state index in [-0.39, 0.29) is 41.5 Å². The summed E-state index contributed by atoms with van der Waals surface area (Å²) in [5, 5.41) is 3.43. The maximum atomic E-state index is 12.6. The number of ether oxygens (including phenoxy) is 1. The molecule has 1 amide bonds. The molecule has 7 nitrogen and oxygen atoms in total. The van der Waals surface area contributed by atoms with Crippen LogP contribution in [-0.4, -0.2) is 97.2 Å². The molecule has 0 aromatic carbocycles. The SMILES string of the molecule is CN=C(NCCN1CCOCC1C)N1CC(=O)N(C(C)C)C(C)(C)C1.I. The van der Waals surface area contributed by atoms with Gasteiger partial charge in [0.05, 0.1) is 25.3 Å². The molecule has 0 aromatic rings. The average molecular weight is 481 g/mol. The van der Waals surface area contributed by atoms with Crippen molar-refractivity contribution in [1.29, 1.82) is 0 Å². The first kappa shape index (κ1) is 23.4. The summed E-state index contributed by atoms with van der Waals surface area (Å²) in [5.41, 5.74) is -0.208. The highest BCUT2D eigenvalue weighted by Gasteiger charge is 2.40. The van der Waals surface area contributed by atoms with Gasteiger partial charge in [-0.2, -0.15) is 0 Å². The number of hydrogen-bond donors (Lipinski definition) is 1.